The molecular formula is C30H28N8O2. The van der Waals surface area contributed by atoms with Crippen LogP contribution in [0, 0.1) is 6.92 Å². The molecule has 0 aliphatic carbocycles. The summed E-state index contributed by atoms with van der Waals surface area (Å²) in [5.41, 5.74) is 4.91. The van der Waals surface area contributed by atoms with Gasteiger partial charge in [0.15, 0.2) is 5.82 Å². The van der Waals surface area contributed by atoms with Crippen molar-refractivity contribution < 1.29 is 4.79 Å². The minimum atomic E-state index is -0.414. The minimum Gasteiger partial charge on any atom is -0.360 e. The fourth-order valence-corrected chi connectivity index (χ4v) is 4.99. The van der Waals surface area contributed by atoms with Crippen molar-refractivity contribution in [3.05, 3.63) is 107 Å². The van der Waals surface area contributed by atoms with Crippen molar-refractivity contribution in [2.24, 2.45) is 0 Å². The number of para-hydroxylation sites is 1. The van der Waals surface area contributed by atoms with Gasteiger partial charge in [-0.3, -0.25) is 14.2 Å². The summed E-state index contributed by atoms with van der Waals surface area (Å²) in [6.07, 6.45) is 5.15. The Morgan fingerprint density at radius 3 is 2.62 bits per heavy atom. The number of carbonyl (C=O) groups is 1. The number of H-pyrrole nitrogens is 1. The number of hydrogen-bond acceptors (Lipinski definition) is 6. The predicted octanol–water partition coefficient (Wildman–Crippen LogP) is 4.61. The fourth-order valence-electron chi connectivity index (χ4n) is 4.99. The smallest absolute Gasteiger partial charge is 0.282 e. The maximum Gasteiger partial charge on any atom is 0.282 e. The molecular weight excluding hydrogens is 504 g/mol. The summed E-state index contributed by atoms with van der Waals surface area (Å²) in [4.78, 5) is 40.1. The van der Waals surface area contributed by atoms with E-state index in [2.05, 4.69) is 20.3 Å². The molecule has 0 aliphatic rings. The lowest BCUT2D eigenvalue weighted by Gasteiger charge is -2.20. The highest BCUT2D eigenvalue weighted by Crippen LogP contribution is 2.34. The van der Waals surface area contributed by atoms with Gasteiger partial charge in [0.2, 0.25) is 0 Å². The normalized spacial score (nSPS) is 12.1. The summed E-state index contributed by atoms with van der Waals surface area (Å²) in [6, 6.07) is 18.4. The van der Waals surface area contributed by atoms with Crippen molar-refractivity contribution in [1.29, 1.82) is 0 Å². The summed E-state index contributed by atoms with van der Waals surface area (Å²) in [6.45, 7) is 3.85. The van der Waals surface area contributed by atoms with E-state index in [1.54, 1.807) is 40.3 Å². The quantitative estimate of drug-likeness (QED) is 0.324. The second-order valence-electron chi connectivity index (χ2n) is 9.92. The Morgan fingerprint density at radius 1 is 1.05 bits per heavy atom. The molecule has 1 atom stereocenters. The highest BCUT2D eigenvalue weighted by atomic mass is 16.2. The number of fused-ring (bicyclic) bond motifs is 2. The van der Waals surface area contributed by atoms with Gasteiger partial charge in [-0.1, -0.05) is 30.3 Å². The number of amides is 1. The molecule has 0 spiro atoms. The zero-order chi connectivity index (χ0) is 28.0. The van der Waals surface area contributed by atoms with Gasteiger partial charge in [-0.05, 0) is 55.3 Å². The van der Waals surface area contributed by atoms with Gasteiger partial charge < -0.3 is 15.2 Å². The monoisotopic (exact) mass is 532 g/mol. The zero-order valence-corrected chi connectivity index (χ0v) is 22.6. The van der Waals surface area contributed by atoms with Gasteiger partial charge >= 0.3 is 0 Å². The molecule has 0 saturated heterocycles. The number of aromatic amines is 1. The summed E-state index contributed by atoms with van der Waals surface area (Å²) in [7, 11) is 3.46. The lowest BCUT2D eigenvalue weighted by atomic mass is 10.0. The van der Waals surface area contributed by atoms with E-state index in [1.165, 1.54) is 6.33 Å². The molecule has 1 amide bonds. The minimum absolute atomic E-state index is 0.0782. The number of hydrogen-bond donors (Lipinski definition) is 2. The van der Waals surface area contributed by atoms with E-state index in [0.717, 1.165) is 27.8 Å². The highest BCUT2D eigenvalue weighted by molar-refractivity contribution is 6.02. The molecule has 2 aromatic carbocycles. The lowest BCUT2D eigenvalue weighted by Crippen LogP contribution is -2.29. The molecule has 4 aromatic heterocycles. The number of rotatable bonds is 6. The average molecular weight is 533 g/mol. The van der Waals surface area contributed by atoms with Gasteiger partial charge in [-0.15, -0.1) is 0 Å². The molecule has 0 aliphatic heterocycles. The molecule has 1 unspecified atom stereocenters. The first-order valence-corrected chi connectivity index (χ1v) is 12.9. The number of aryl methyl sites for hydroxylation is 1. The third kappa shape index (κ3) is 4.19. The van der Waals surface area contributed by atoms with Gasteiger partial charge in [0.1, 0.15) is 23.3 Å². The van der Waals surface area contributed by atoms with E-state index >= 15 is 0 Å². The molecule has 10 heteroatoms. The van der Waals surface area contributed by atoms with E-state index in [0.29, 0.717) is 28.4 Å². The molecule has 6 aromatic rings. The summed E-state index contributed by atoms with van der Waals surface area (Å²) >= 11 is 0. The first kappa shape index (κ1) is 25.1. The number of carbonyl (C=O) groups excluding carboxylic acids is 1. The highest BCUT2D eigenvalue weighted by Gasteiger charge is 2.22. The van der Waals surface area contributed by atoms with Crippen molar-refractivity contribution in [3.8, 4) is 16.8 Å². The maximum absolute atomic E-state index is 13.7. The number of nitrogens with one attached hydrogen (secondary N) is 2. The van der Waals surface area contributed by atoms with Gasteiger partial charge in [-0.25, -0.2) is 14.5 Å². The van der Waals surface area contributed by atoms with Crippen LogP contribution >= 0.6 is 0 Å². The van der Waals surface area contributed by atoms with E-state index in [-0.39, 0.29) is 11.5 Å². The van der Waals surface area contributed by atoms with Gasteiger partial charge in [0.25, 0.3) is 11.5 Å². The standard InChI is InChI=1S/C30H28N8O2/c1-18-13-14-37-25(18)30(40)38(22-11-6-5-7-12-22)28(35-37)19(2)34-27-24-23(16-31-26(24)32-17-33-27)20-9-8-10-21(15-20)29(39)36(3)4/h5-17,19H,1-4H3,(H2,31,32,33,34). The van der Waals surface area contributed by atoms with Crippen LogP contribution in [0.2, 0.25) is 0 Å². The van der Waals surface area contributed by atoms with Crippen molar-refractivity contribution >= 4 is 28.3 Å². The molecule has 2 N–H and O–H groups in total. The predicted molar refractivity (Wildman–Crippen MR) is 155 cm³/mol. The first-order chi connectivity index (χ1) is 19.3. The second kappa shape index (κ2) is 9.81. The van der Waals surface area contributed by atoms with E-state index in [9.17, 15) is 9.59 Å². The topological polar surface area (TPSA) is 113 Å². The van der Waals surface area contributed by atoms with Crippen LogP contribution in [-0.2, 0) is 0 Å². The van der Waals surface area contributed by atoms with Gasteiger partial charge in [-0.2, -0.15) is 5.10 Å². The Labute approximate surface area is 229 Å². The SMILES string of the molecule is Cc1ccn2nc(C(C)Nc3ncnc4[nH]cc(-c5cccc(C(=O)N(C)C)c5)c34)n(-c3ccccc3)c(=O)c12. The second-order valence-corrected chi connectivity index (χ2v) is 9.92. The largest absolute Gasteiger partial charge is 0.360 e. The Morgan fingerprint density at radius 2 is 1.85 bits per heavy atom. The number of anilines is 1. The third-order valence-electron chi connectivity index (χ3n) is 6.96. The average Bonchev–Trinajstić information content (AvgIpc) is 3.57. The van der Waals surface area contributed by atoms with Crippen LogP contribution in [0.25, 0.3) is 33.4 Å². The number of aromatic nitrogens is 6. The van der Waals surface area contributed by atoms with Crippen LogP contribution in [0.4, 0.5) is 5.82 Å². The molecule has 0 fully saturated rings. The molecule has 0 saturated carbocycles. The maximum atomic E-state index is 13.7. The van der Waals surface area contributed by atoms with Crippen molar-refractivity contribution in [3.63, 3.8) is 0 Å². The van der Waals surface area contributed by atoms with Crippen LogP contribution in [0.1, 0.15) is 34.7 Å². The number of nitrogens with zero attached hydrogens (tertiary/aromatic N) is 6. The fraction of sp³-hybridized carbons (Fsp3) is 0.167. The van der Waals surface area contributed by atoms with E-state index in [4.69, 9.17) is 5.10 Å². The first-order valence-electron chi connectivity index (χ1n) is 12.9. The molecule has 6 rings (SSSR count). The van der Waals surface area contributed by atoms with Crippen LogP contribution in [0.5, 0.6) is 0 Å². The van der Waals surface area contributed by atoms with Crippen LogP contribution < -0.4 is 10.9 Å². The van der Waals surface area contributed by atoms with Crippen molar-refractivity contribution in [2.45, 2.75) is 19.9 Å². The summed E-state index contributed by atoms with van der Waals surface area (Å²) in [5.74, 6) is 1.03. The van der Waals surface area contributed by atoms with Gasteiger partial charge in [0, 0.05) is 37.6 Å². The molecule has 0 radical (unpaired) electrons. The lowest BCUT2D eigenvalue weighted by molar-refractivity contribution is 0.0827. The Kier molecular flexibility index (Phi) is 6.14. The third-order valence-corrected chi connectivity index (χ3v) is 6.96. The van der Waals surface area contributed by atoms with E-state index < -0.39 is 6.04 Å². The van der Waals surface area contributed by atoms with Crippen LogP contribution in [0.15, 0.2) is 84.2 Å². The Balaban J connectivity index is 1.47. The number of benzene rings is 2. The van der Waals surface area contributed by atoms with Crippen LogP contribution in [0.3, 0.4) is 0 Å². The Hall–Kier alpha value is -5.25. The summed E-state index contributed by atoms with van der Waals surface area (Å²) in [5, 5.41) is 9.10. The van der Waals surface area contributed by atoms with Crippen molar-refractivity contribution in [1.82, 2.24) is 34.0 Å². The van der Waals surface area contributed by atoms with Gasteiger partial charge in [0.05, 0.1) is 17.1 Å². The molecule has 0 bridgehead atoms. The molecule has 10 nitrogen and oxygen atoms in total. The summed E-state index contributed by atoms with van der Waals surface area (Å²) < 4.78 is 3.28. The van der Waals surface area contributed by atoms with E-state index in [1.807, 2.05) is 74.6 Å². The molecule has 40 heavy (non-hydrogen) atoms. The van der Waals surface area contributed by atoms with Crippen LogP contribution in [-0.4, -0.2) is 54.0 Å². The zero-order valence-electron chi connectivity index (χ0n) is 22.6. The Bertz CT molecular complexity index is 1930. The molecule has 4 heterocycles. The van der Waals surface area contributed by atoms with Crippen molar-refractivity contribution in [2.75, 3.05) is 19.4 Å². The molecule has 200 valence electrons.